The molecule has 100 valence electrons. The number of benzene rings is 1. The fraction of sp³-hybridized carbons (Fsp3) is 0.571. The topological polar surface area (TPSA) is 21.3 Å². The molecule has 1 saturated heterocycles. The molecule has 1 aliphatic rings. The van der Waals surface area contributed by atoms with Crippen molar-refractivity contribution in [1.29, 1.82) is 0 Å². The van der Waals surface area contributed by atoms with Gasteiger partial charge in [0, 0.05) is 29.8 Å². The Labute approximate surface area is 119 Å². The monoisotopic (exact) mass is 287 g/mol. The molecule has 1 N–H and O–H groups in total. The Bertz CT molecular complexity index is 397. The van der Waals surface area contributed by atoms with Gasteiger partial charge in [-0.25, -0.2) is 0 Å². The predicted octanol–water partition coefficient (Wildman–Crippen LogP) is 3.55. The van der Waals surface area contributed by atoms with Gasteiger partial charge in [-0.05, 0) is 49.4 Å². The van der Waals surface area contributed by atoms with Gasteiger partial charge in [-0.15, -0.1) is 0 Å². The number of nitrogens with one attached hydrogen (secondary N) is 1. The van der Waals surface area contributed by atoms with E-state index in [9.17, 15) is 0 Å². The Morgan fingerprint density at radius 3 is 2.61 bits per heavy atom. The van der Waals surface area contributed by atoms with Crippen LogP contribution < -0.4 is 5.32 Å². The first-order chi connectivity index (χ1) is 8.65. The van der Waals surface area contributed by atoms with Crippen molar-refractivity contribution in [3.8, 4) is 0 Å². The molecule has 0 aliphatic carbocycles. The summed E-state index contributed by atoms with van der Waals surface area (Å²) < 4.78 is 5.48. The molecule has 1 heterocycles. The molecule has 0 amide bonds. The second-order valence-electron chi connectivity index (χ2n) is 5.06. The van der Waals surface area contributed by atoms with Crippen molar-refractivity contribution in [1.82, 2.24) is 5.32 Å². The summed E-state index contributed by atoms with van der Waals surface area (Å²) in [7, 11) is 2.00. The lowest BCUT2D eigenvalue weighted by Gasteiger charge is -2.37. The molecule has 0 aromatic heterocycles. The quantitative estimate of drug-likeness (QED) is 0.914. The summed E-state index contributed by atoms with van der Waals surface area (Å²) in [6.45, 7) is 2.68. The molecule has 0 atom stereocenters. The largest absolute Gasteiger partial charge is 0.381 e. The van der Waals surface area contributed by atoms with E-state index in [0.29, 0.717) is 5.02 Å². The van der Waals surface area contributed by atoms with E-state index in [4.69, 9.17) is 27.9 Å². The summed E-state index contributed by atoms with van der Waals surface area (Å²) in [6, 6.07) is 5.78. The van der Waals surface area contributed by atoms with Crippen molar-refractivity contribution in [3.05, 3.63) is 33.8 Å². The summed E-state index contributed by atoms with van der Waals surface area (Å²) in [4.78, 5) is 0. The summed E-state index contributed by atoms with van der Waals surface area (Å²) in [5, 5.41) is 4.77. The van der Waals surface area contributed by atoms with Crippen LogP contribution in [0.4, 0.5) is 0 Å². The average molecular weight is 288 g/mol. The molecule has 2 rings (SSSR count). The highest BCUT2D eigenvalue weighted by molar-refractivity contribution is 6.35. The van der Waals surface area contributed by atoms with Gasteiger partial charge >= 0.3 is 0 Å². The predicted molar refractivity (Wildman–Crippen MR) is 76.6 cm³/mol. The Hall–Kier alpha value is -0.280. The lowest BCUT2D eigenvalue weighted by Crippen LogP contribution is -2.39. The van der Waals surface area contributed by atoms with E-state index in [1.54, 1.807) is 0 Å². The molecule has 2 nitrogen and oxygen atoms in total. The average Bonchev–Trinajstić information content (AvgIpc) is 2.34. The van der Waals surface area contributed by atoms with Crippen LogP contribution in [0.15, 0.2) is 18.2 Å². The van der Waals surface area contributed by atoms with Crippen molar-refractivity contribution in [2.45, 2.75) is 19.3 Å². The maximum absolute atomic E-state index is 6.27. The van der Waals surface area contributed by atoms with Crippen LogP contribution in [-0.4, -0.2) is 26.8 Å². The van der Waals surface area contributed by atoms with Crippen LogP contribution >= 0.6 is 23.2 Å². The third-order valence-electron chi connectivity index (χ3n) is 3.69. The minimum atomic E-state index is 0.254. The number of ether oxygens (including phenoxy) is 1. The number of rotatable bonds is 4. The molecule has 0 spiro atoms. The summed E-state index contributed by atoms with van der Waals surface area (Å²) >= 11 is 12.2. The molecule has 18 heavy (non-hydrogen) atoms. The van der Waals surface area contributed by atoms with Crippen molar-refractivity contribution in [2.75, 3.05) is 26.8 Å². The van der Waals surface area contributed by atoms with Gasteiger partial charge in [0.1, 0.15) is 0 Å². The van der Waals surface area contributed by atoms with E-state index in [1.165, 1.54) is 5.56 Å². The second kappa shape index (κ2) is 6.25. The zero-order chi connectivity index (χ0) is 13.0. The van der Waals surface area contributed by atoms with Gasteiger partial charge in [0.15, 0.2) is 0 Å². The summed E-state index contributed by atoms with van der Waals surface area (Å²) in [5.74, 6) is 0. The molecular formula is C14H19Cl2NO. The zero-order valence-corrected chi connectivity index (χ0v) is 12.2. The van der Waals surface area contributed by atoms with Gasteiger partial charge in [0.25, 0.3) is 0 Å². The van der Waals surface area contributed by atoms with Gasteiger partial charge in [-0.1, -0.05) is 29.3 Å². The van der Waals surface area contributed by atoms with E-state index in [2.05, 4.69) is 5.32 Å². The van der Waals surface area contributed by atoms with E-state index in [0.717, 1.165) is 44.0 Å². The standard InChI is InChI=1S/C14H19Cl2NO/c1-17-10-14(4-6-18-7-5-14)9-11-2-3-12(15)8-13(11)16/h2-3,8,17H,4-7,9-10H2,1H3. The first-order valence-electron chi connectivity index (χ1n) is 6.31. The van der Waals surface area contributed by atoms with Crippen LogP contribution in [0, 0.1) is 5.41 Å². The van der Waals surface area contributed by atoms with Gasteiger partial charge < -0.3 is 10.1 Å². The van der Waals surface area contributed by atoms with Crippen molar-refractivity contribution in [2.24, 2.45) is 5.41 Å². The molecule has 4 heteroatoms. The third-order valence-corrected chi connectivity index (χ3v) is 4.27. The third kappa shape index (κ3) is 3.39. The number of hydrogen-bond acceptors (Lipinski definition) is 2. The van der Waals surface area contributed by atoms with Crippen LogP contribution in [0.3, 0.4) is 0 Å². The lowest BCUT2D eigenvalue weighted by molar-refractivity contribution is 0.0158. The van der Waals surface area contributed by atoms with Crippen LogP contribution in [0.5, 0.6) is 0 Å². The smallest absolute Gasteiger partial charge is 0.0471 e. The molecule has 0 radical (unpaired) electrons. The normalized spacial score (nSPS) is 18.8. The van der Waals surface area contributed by atoms with Gasteiger partial charge in [-0.2, -0.15) is 0 Å². The Morgan fingerprint density at radius 2 is 2.00 bits per heavy atom. The van der Waals surface area contributed by atoms with Crippen LogP contribution in [0.2, 0.25) is 10.0 Å². The van der Waals surface area contributed by atoms with E-state index < -0.39 is 0 Å². The molecule has 1 aromatic rings. The summed E-state index contributed by atoms with van der Waals surface area (Å²) in [5.41, 5.74) is 1.43. The van der Waals surface area contributed by atoms with E-state index >= 15 is 0 Å². The van der Waals surface area contributed by atoms with Gasteiger partial charge in [0.2, 0.25) is 0 Å². The zero-order valence-electron chi connectivity index (χ0n) is 10.6. The van der Waals surface area contributed by atoms with Crippen LogP contribution in [0.1, 0.15) is 18.4 Å². The Kier molecular flexibility index (Phi) is 4.91. The first kappa shape index (κ1) is 14.1. The SMILES string of the molecule is CNCC1(Cc2ccc(Cl)cc2Cl)CCOCC1. The lowest BCUT2D eigenvalue weighted by atomic mass is 9.75. The Balaban J connectivity index is 2.17. The fourth-order valence-corrected chi connectivity index (χ4v) is 3.14. The minimum Gasteiger partial charge on any atom is -0.381 e. The maximum Gasteiger partial charge on any atom is 0.0471 e. The maximum atomic E-state index is 6.27. The molecular weight excluding hydrogens is 269 g/mol. The minimum absolute atomic E-state index is 0.254. The highest BCUT2D eigenvalue weighted by Gasteiger charge is 2.32. The van der Waals surface area contributed by atoms with E-state index in [1.807, 2.05) is 25.2 Å². The number of halogens is 2. The second-order valence-corrected chi connectivity index (χ2v) is 5.90. The molecule has 0 bridgehead atoms. The van der Waals surface area contributed by atoms with Gasteiger partial charge in [0.05, 0.1) is 0 Å². The molecule has 0 unspecified atom stereocenters. The first-order valence-corrected chi connectivity index (χ1v) is 7.07. The van der Waals surface area contributed by atoms with Crippen LogP contribution in [-0.2, 0) is 11.2 Å². The highest BCUT2D eigenvalue weighted by atomic mass is 35.5. The van der Waals surface area contributed by atoms with Crippen LogP contribution in [0.25, 0.3) is 0 Å². The molecule has 1 aromatic carbocycles. The van der Waals surface area contributed by atoms with Crippen molar-refractivity contribution >= 4 is 23.2 Å². The Morgan fingerprint density at radius 1 is 1.28 bits per heavy atom. The van der Waals surface area contributed by atoms with Gasteiger partial charge in [-0.3, -0.25) is 0 Å². The fourth-order valence-electron chi connectivity index (χ4n) is 2.66. The van der Waals surface area contributed by atoms with Crippen molar-refractivity contribution < 1.29 is 4.74 Å². The summed E-state index contributed by atoms with van der Waals surface area (Å²) in [6.07, 6.45) is 3.13. The molecule has 1 aliphatic heterocycles. The molecule has 0 saturated carbocycles. The van der Waals surface area contributed by atoms with Crippen molar-refractivity contribution in [3.63, 3.8) is 0 Å². The number of hydrogen-bond donors (Lipinski definition) is 1. The molecule has 1 fully saturated rings. The highest BCUT2D eigenvalue weighted by Crippen LogP contribution is 2.36. The van der Waals surface area contributed by atoms with E-state index in [-0.39, 0.29) is 5.41 Å².